The van der Waals surface area contributed by atoms with E-state index >= 15 is 0 Å². The first-order valence-electron chi connectivity index (χ1n) is 7.56. The van der Waals surface area contributed by atoms with Crippen LogP contribution in [0.1, 0.15) is 32.6 Å². The lowest BCUT2D eigenvalue weighted by Gasteiger charge is -2.42. The molecule has 0 aromatic rings. The molecule has 0 spiro atoms. The predicted octanol–water partition coefficient (Wildman–Crippen LogP) is 0.579. The molecule has 3 aliphatic rings. The van der Waals surface area contributed by atoms with Crippen LogP contribution >= 0.6 is 11.8 Å². The Hall–Kier alpha value is 0.150. The van der Waals surface area contributed by atoms with E-state index in [-0.39, 0.29) is 12.5 Å². The van der Waals surface area contributed by atoms with Crippen molar-refractivity contribution < 1.29 is 4.74 Å². The van der Waals surface area contributed by atoms with Crippen molar-refractivity contribution in [2.24, 2.45) is 17.6 Å². The van der Waals surface area contributed by atoms with Crippen molar-refractivity contribution in [3.8, 4) is 0 Å². The number of nitrogens with one attached hydrogen (secondary N) is 3. The van der Waals surface area contributed by atoms with Gasteiger partial charge in [0, 0.05) is 24.4 Å². The van der Waals surface area contributed by atoms with Crippen LogP contribution in [-0.2, 0) is 4.74 Å². The molecule has 3 fully saturated rings. The Kier molecular flexibility index (Phi) is 4.66. The third-order valence-corrected chi connectivity index (χ3v) is 6.30. The predicted molar refractivity (Wildman–Crippen MR) is 78.3 cm³/mol. The normalized spacial score (nSPS) is 45.8. The summed E-state index contributed by atoms with van der Waals surface area (Å²) in [6, 6.07) is 0. The smallest absolute Gasteiger partial charge is 0.165 e. The van der Waals surface area contributed by atoms with Gasteiger partial charge in [0.2, 0.25) is 0 Å². The van der Waals surface area contributed by atoms with Gasteiger partial charge in [0.15, 0.2) is 6.35 Å². The van der Waals surface area contributed by atoms with Crippen molar-refractivity contribution in [1.29, 1.82) is 0 Å². The van der Waals surface area contributed by atoms with E-state index in [0.29, 0.717) is 18.0 Å². The molecule has 6 atom stereocenters. The van der Waals surface area contributed by atoms with Crippen molar-refractivity contribution in [2.45, 2.75) is 55.7 Å². The van der Waals surface area contributed by atoms with E-state index in [1.165, 1.54) is 25.7 Å². The van der Waals surface area contributed by atoms with Gasteiger partial charge in [-0.2, -0.15) is 0 Å². The number of rotatable bonds is 4. The van der Waals surface area contributed by atoms with Crippen LogP contribution in [0.4, 0.5) is 0 Å². The van der Waals surface area contributed by atoms with Gasteiger partial charge in [-0.1, -0.05) is 12.8 Å². The van der Waals surface area contributed by atoms with Crippen molar-refractivity contribution in [3.05, 3.63) is 0 Å². The zero-order valence-corrected chi connectivity index (χ0v) is 12.4. The summed E-state index contributed by atoms with van der Waals surface area (Å²) >= 11 is 2.13. The Balaban J connectivity index is 1.73. The summed E-state index contributed by atoms with van der Waals surface area (Å²) in [6.07, 6.45) is 5.74. The van der Waals surface area contributed by atoms with Crippen molar-refractivity contribution in [2.75, 3.05) is 13.3 Å². The van der Waals surface area contributed by atoms with Gasteiger partial charge >= 0.3 is 0 Å². The molecule has 6 heteroatoms. The summed E-state index contributed by atoms with van der Waals surface area (Å²) < 4.78 is 5.70. The first kappa shape index (κ1) is 14.1. The molecule has 0 aromatic heterocycles. The highest BCUT2D eigenvalue weighted by Gasteiger charge is 2.51. The molecule has 1 aliphatic carbocycles. The SMILES string of the molecule is CCOC1NC(NCN)C2C(N1)SC1CCCCC12. The quantitative estimate of drug-likeness (QED) is 0.567. The average molecular weight is 286 g/mol. The van der Waals surface area contributed by atoms with Crippen LogP contribution in [0.15, 0.2) is 0 Å². The summed E-state index contributed by atoms with van der Waals surface area (Å²) in [7, 11) is 0. The maximum Gasteiger partial charge on any atom is 0.165 e. The minimum absolute atomic E-state index is 0.0528. The van der Waals surface area contributed by atoms with Gasteiger partial charge in [-0.15, -0.1) is 11.8 Å². The Morgan fingerprint density at radius 2 is 2.16 bits per heavy atom. The van der Waals surface area contributed by atoms with Crippen LogP contribution in [0.3, 0.4) is 0 Å². The Bertz CT molecular complexity index is 306. The van der Waals surface area contributed by atoms with Gasteiger partial charge in [-0.3, -0.25) is 16.0 Å². The maximum atomic E-state index is 5.71. The number of hydrogen-bond donors (Lipinski definition) is 4. The van der Waals surface area contributed by atoms with E-state index in [1.807, 2.05) is 6.92 Å². The van der Waals surface area contributed by atoms with Gasteiger partial charge in [-0.05, 0) is 25.7 Å². The summed E-state index contributed by atoms with van der Waals surface area (Å²) in [5, 5.41) is 11.9. The molecular formula is C13H26N4OS. The largest absolute Gasteiger partial charge is 0.350 e. The highest BCUT2D eigenvalue weighted by atomic mass is 32.2. The van der Waals surface area contributed by atoms with Gasteiger partial charge in [-0.25, -0.2) is 0 Å². The number of ether oxygens (including phenoxy) is 1. The van der Waals surface area contributed by atoms with Crippen molar-refractivity contribution in [3.63, 3.8) is 0 Å². The van der Waals surface area contributed by atoms with Gasteiger partial charge < -0.3 is 10.5 Å². The Labute approximate surface area is 119 Å². The highest BCUT2D eigenvalue weighted by molar-refractivity contribution is 8.00. The second kappa shape index (κ2) is 6.28. The summed E-state index contributed by atoms with van der Waals surface area (Å²) in [4.78, 5) is 0. The molecule has 110 valence electrons. The lowest BCUT2D eigenvalue weighted by atomic mass is 9.78. The van der Waals surface area contributed by atoms with Gasteiger partial charge in [0.05, 0.1) is 11.5 Å². The lowest BCUT2D eigenvalue weighted by molar-refractivity contribution is -0.0406. The molecule has 2 saturated heterocycles. The molecule has 3 rings (SSSR count). The van der Waals surface area contributed by atoms with Gasteiger partial charge in [0.25, 0.3) is 0 Å². The molecule has 1 saturated carbocycles. The van der Waals surface area contributed by atoms with E-state index in [1.54, 1.807) is 0 Å². The van der Waals surface area contributed by atoms with Crippen LogP contribution in [0.25, 0.3) is 0 Å². The Morgan fingerprint density at radius 1 is 1.32 bits per heavy atom. The van der Waals surface area contributed by atoms with Crippen LogP contribution in [0.2, 0.25) is 0 Å². The Morgan fingerprint density at radius 3 is 2.95 bits per heavy atom. The number of fused-ring (bicyclic) bond motifs is 3. The summed E-state index contributed by atoms with van der Waals surface area (Å²) in [6.45, 7) is 3.26. The topological polar surface area (TPSA) is 71.3 Å². The van der Waals surface area contributed by atoms with E-state index in [0.717, 1.165) is 17.8 Å². The first-order valence-corrected chi connectivity index (χ1v) is 8.50. The van der Waals surface area contributed by atoms with Crippen LogP contribution in [0.5, 0.6) is 0 Å². The number of nitrogens with two attached hydrogens (primary N) is 1. The van der Waals surface area contributed by atoms with Crippen molar-refractivity contribution in [1.82, 2.24) is 16.0 Å². The second-order valence-electron chi connectivity index (χ2n) is 5.68. The molecule has 0 bridgehead atoms. The summed E-state index contributed by atoms with van der Waals surface area (Å²) in [5.74, 6) is 1.44. The molecule has 6 unspecified atom stereocenters. The van der Waals surface area contributed by atoms with Crippen molar-refractivity contribution >= 4 is 11.8 Å². The molecule has 0 amide bonds. The number of hydrogen-bond acceptors (Lipinski definition) is 6. The molecule has 5 N–H and O–H groups in total. The molecular weight excluding hydrogens is 260 g/mol. The second-order valence-corrected chi connectivity index (χ2v) is 7.06. The molecule has 2 aliphatic heterocycles. The fraction of sp³-hybridized carbons (Fsp3) is 1.00. The standard InChI is InChI=1S/C13H26N4OS/c1-2-18-13-16-11(15-7-14)10-8-5-3-4-6-9(8)19-12(10)17-13/h8-13,15-17H,2-7,14H2,1H3. The fourth-order valence-corrected chi connectivity index (χ4v) is 5.81. The minimum atomic E-state index is -0.0528. The molecule has 0 radical (unpaired) electrons. The molecule has 5 nitrogen and oxygen atoms in total. The maximum absolute atomic E-state index is 5.71. The third kappa shape index (κ3) is 2.80. The third-order valence-electron chi connectivity index (χ3n) is 4.62. The van der Waals surface area contributed by atoms with Gasteiger partial charge in [0.1, 0.15) is 0 Å². The van der Waals surface area contributed by atoms with Crippen LogP contribution in [-0.4, -0.2) is 36.4 Å². The fourth-order valence-electron chi connectivity index (χ4n) is 3.87. The average Bonchev–Trinajstić information content (AvgIpc) is 2.77. The summed E-state index contributed by atoms with van der Waals surface area (Å²) in [5.41, 5.74) is 5.71. The zero-order chi connectivity index (χ0) is 13.2. The van der Waals surface area contributed by atoms with Crippen LogP contribution < -0.4 is 21.7 Å². The highest BCUT2D eigenvalue weighted by Crippen LogP contribution is 2.50. The molecule has 2 heterocycles. The van der Waals surface area contributed by atoms with E-state index in [2.05, 4.69) is 27.7 Å². The minimum Gasteiger partial charge on any atom is -0.350 e. The zero-order valence-electron chi connectivity index (χ0n) is 11.6. The van der Waals surface area contributed by atoms with E-state index in [4.69, 9.17) is 10.5 Å². The monoisotopic (exact) mass is 286 g/mol. The lowest BCUT2D eigenvalue weighted by Crippen LogP contribution is -2.67. The van der Waals surface area contributed by atoms with E-state index in [9.17, 15) is 0 Å². The van der Waals surface area contributed by atoms with E-state index < -0.39 is 0 Å². The molecule has 19 heavy (non-hydrogen) atoms. The molecule has 0 aromatic carbocycles. The number of thioether (sulfide) groups is 1. The van der Waals surface area contributed by atoms with Crippen LogP contribution in [0, 0.1) is 11.8 Å². The first-order chi connectivity index (χ1) is 9.33.